The van der Waals surface area contributed by atoms with Gasteiger partial charge in [-0.25, -0.2) is 0 Å². The Kier molecular flexibility index (Phi) is 7.28. The van der Waals surface area contributed by atoms with Crippen molar-refractivity contribution in [2.75, 3.05) is 6.61 Å². The molecule has 2 atom stereocenters. The van der Waals surface area contributed by atoms with E-state index in [4.69, 9.17) is 15.2 Å². The number of esters is 1. The van der Waals surface area contributed by atoms with E-state index in [1.807, 2.05) is 38.1 Å². The van der Waals surface area contributed by atoms with Crippen LogP contribution in [0.1, 0.15) is 37.1 Å². The molecule has 1 aromatic carbocycles. The molecule has 0 fully saturated rings. The van der Waals surface area contributed by atoms with Gasteiger partial charge in [0.2, 0.25) is 0 Å². The Morgan fingerprint density at radius 1 is 1.21 bits per heavy atom. The minimum atomic E-state index is -0.771. The minimum absolute atomic E-state index is 0.389. The topological polar surface area (TPSA) is 61.5 Å². The highest BCUT2D eigenvalue weighted by Gasteiger charge is 2.26. The summed E-state index contributed by atoms with van der Waals surface area (Å²) in [7, 11) is 0. The Labute approximate surface area is 147 Å². The van der Waals surface area contributed by atoms with E-state index in [9.17, 15) is 4.79 Å². The molecule has 130 valence electrons. The van der Waals surface area contributed by atoms with Crippen LogP contribution in [0.3, 0.4) is 0 Å². The first-order valence-corrected chi connectivity index (χ1v) is 9.22. The summed E-state index contributed by atoms with van der Waals surface area (Å²) in [4.78, 5) is 13.2. The maximum absolute atomic E-state index is 11.9. The smallest absolute Gasteiger partial charge is 0.326 e. The molecular formula is C19H25NO3S. The van der Waals surface area contributed by atoms with Gasteiger partial charge in [0.1, 0.15) is 17.9 Å². The van der Waals surface area contributed by atoms with Gasteiger partial charge in [0.25, 0.3) is 0 Å². The van der Waals surface area contributed by atoms with Crippen molar-refractivity contribution >= 4 is 17.3 Å². The highest BCUT2D eigenvalue weighted by molar-refractivity contribution is 7.09. The van der Waals surface area contributed by atoms with Crippen molar-refractivity contribution in [2.45, 2.75) is 45.3 Å². The standard InChI is InChI=1S/C19H25NO3S/c1-3-11-22-19(21)18(20)17(4-2)23-15-9-7-14(8-10-15)13-16-6-5-12-24-16/h5-10,12,17-18H,3-4,11,13,20H2,1-2H3. The van der Waals surface area contributed by atoms with E-state index in [0.717, 1.165) is 18.6 Å². The first kappa shape index (κ1) is 18.5. The summed E-state index contributed by atoms with van der Waals surface area (Å²) in [6.07, 6.45) is 1.94. The zero-order valence-corrected chi connectivity index (χ0v) is 15.1. The van der Waals surface area contributed by atoms with E-state index in [1.54, 1.807) is 11.3 Å². The summed E-state index contributed by atoms with van der Waals surface area (Å²) in [6, 6.07) is 11.4. The average Bonchev–Trinajstić information content (AvgIpc) is 3.11. The molecule has 2 aromatic rings. The van der Waals surface area contributed by atoms with E-state index in [-0.39, 0.29) is 0 Å². The van der Waals surface area contributed by atoms with Gasteiger partial charge >= 0.3 is 5.97 Å². The maximum Gasteiger partial charge on any atom is 0.326 e. The molecule has 0 aliphatic rings. The molecule has 0 bridgehead atoms. The lowest BCUT2D eigenvalue weighted by Gasteiger charge is -2.22. The van der Waals surface area contributed by atoms with Gasteiger partial charge in [-0.2, -0.15) is 0 Å². The third kappa shape index (κ3) is 5.35. The largest absolute Gasteiger partial charge is 0.488 e. The van der Waals surface area contributed by atoms with Crippen LogP contribution in [0.5, 0.6) is 5.75 Å². The van der Waals surface area contributed by atoms with Crippen LogP contribution in [0.4, 0.5) is 0 Å². The third-order valence-electron chi connectivity index (χ3n) is 3.69. The molecule has 2 unspecified atom stereocenters. The van der Waals surface area contributed by atoms with Crippen molar-refractivity contribution in [3.63, 3.8) is 0 Å². The molecule has 4 nitrogen and oxygen atoms in total. The average molecular weight is 347 g/mol. The molecule has 0 saturated carbocycles. The summed E-state index contributed by atoms with van der Waals surface area (Å²) < 4.78 is 11.0. The lowest BCUT2D eigenvalue weighted by Crippen LogP contribution is -2.45. The Morgan fingerprint density at radius 3 is 2.54 bits per heavy atom. The predicted molar refractivity (Wildman–Crippen MR) is 97.5 cm³/mol. The van der Waals surface area contributed by atoms with E-state index in [0.29, 0.717) is 13.0 Å². The van der Waals surface area contributed by atoms with E-state index in [1.165, 1.54) is 10.4 Å². The number of hydrogen-bond acceptors (Lipinski definition) is 5. The summed E-state index contributed by atoms with van der Waals surface area (Å²) in [5.74, 6) is 0.313. The minimum Gasteiger partial charge on any atom is -0.488 e. The summed E-state index contributed by atoms with van der Waals surface area (Å²) in [5, 5.41) is 2.08. The van der Waals surface area contributed by atoms with Crippen molar-refractivity contribution in [2.24, 2.45) is 5.73 Å². The molecule has 0 saturated heterocycles. The van der Waals surface area contributed by atoms with Crippen molar-refractivity contribution in [3.8, 4) is 5.75 Å². The lowest BCUT2D eigenvalue weighted by molar-refractivity contribution is -0.147. The van der Waals surface area contributed by atoms with Gasteiger partial charge in [0.15, 0.2) is 0 Å². The number of carbonyl (C=O) groups excluding carboxylic acids is 1. The number of hydrogen-bond donors (Lipinski definition) is 1. The molecule has 0 amide bonds. The fraction of sp³-hybridized carbons (Fsp3) is 0.421. The zero-order chi connectivity index (χ0) is 17.4. The second-order valence-electron chi connectivity index (χ2n) is 5.66. The molecule has 5 heteroatoms. The number of carbonyl (C=O) groups is 1. The fourth-order valence-corrected chi connectivity index (χ4v) is 3.08. The zero-order valence-electron chi connectivity index (χ0n) is 14.2. The van der Waals surface area contributed by atoms with Crippen molar-refractivity contribution < 1.29 is 14.3 Å². The molecule has 2 rings (SSSR count). The van der Waals surface area contributed by atoms with E-state index >= 15 is 0 Å². The molecule has 2 N–H and O–H groups in total. The molecule has 0 spiro atoms. The van der Waals surface area contributed by atoms with E-state index < -0.39 is 18.1 Å². The maximum atomic E-state index is 11.9. The number of benzene rings is 1. The van der Waals surface area contributed by atoms with Crippen LogP contribution in [0, 0.1) is 0 Å². The van der Waals surface area contributed by atoms with Crippen LogP contribution >= 0.6 is 11.3 Å². The van der Waals surface area contributed by atoms with Crippen molar-refractivity contribution in [3.05, 3.63) is 52.2 Å². The fourth-order valence-electron chi connectivity index (χ4n) is 2.34. The number of thiophene rings is 1. The Hall–Kier alpha value is -1.85. The van der Waals surface area contributed by atoms with Crippen LogP contribution in [0.25, 0.3) is 0 Å². The Morgan fingerprint density at radius 2 is 1.96 bits per heavy atom. The Bertz CT molecular complexity index is 610. The summed E-state index contributed by atoms with van der Waals surface area (Å²) in [6.45, 7) is 4.29. The lowest BCUT2D eigenvalue weighted by atomic mass is 10.1. The molecule has 1 aromatic heterocycles. The third-order valence-corrected chi connectivity index (χ3v) is 4.57. The van der Waals surface area contributed by atoms with Crippen LogP contribution < -0.4 is 10.5 Å². The molecule has 0 aliphatic carbocycles. The first-order valence-electron chi connectivity index (χ1n) is 8.34. The predicted octanol–water partition coefficient (Wildman–Crippen LogP) is 3.78. The second-order valence-corrected chi connectivity index (χ2v) is 6.69. The van der Waals surface area contributed by atoms with Gasteiger partial charge in [-0.1, -0.05) is 32.0 Å². The monoisotopic (exact) mass is 347 g/mol. The normalized spacial score (nSPS) is 13.3. The van der Waals surface area contributed by atoms with Crippen molar-refractivity contribution in [1.29, 1.82) is 0 Å². The summed E-state index contributed by atoms with van der Waals surface area (Å²) in [5.41, 5.74) is 7.21. The van der Waals surface area contributed by atoms with Gasteiger partial charge in [-0.15, -0.1) is 11.3 Å². The van der Waals surface area contributed by atoms with Crippen LogP contribution in [0.2, 0.25) is 0 Å². The number of nitrogens with two attached hydrogens (primary N) is 1. The number of rotatable bonds is 9. The van der Waals surface area contributed by atoms with Crippen LogP contribution in [-0.4, -0.2) is 24.7 Å². The highest BCUT2D eigenvalue weighted by Crippen LogP contribution is 2.20. The first-order chi connectivity index (χ1) is 11.6. The van der Waals surface area contributed by atoms with Gasteiger partial charge in [0, 0.05) is 11.3 Å². The summed E-state index contributed by atoms with van der Waals surface area (Å²) >= 11 is 1.75. The van der Waals surface area contributed by atoms with Crippen LogP contribution in [-0.2, 0) is 16.0 Å². The molecule has 0 aliphatic heterocycles. The highest BCUT2D eigenvalue weighted by atomic mass is 32.1. The molecule has 0 radical (unpaired) electrons. The van der Waals surface area contributed by atoms with Gasteiger partial charge in [0.05, 0.1) is 6.61 Å². The Balaban J connectivity index is 1.93. The molecule has 1 heterocycles. The quantitative estimate of drug-likeness (QED) is 0.701. The van der Waals surface area contributed by atoms with Crippen molar-refractivity contribution in [1.82, 2.24) is 0 Å². The molecular weight excluding hydrogens is 322 g/mol. The number of ether oxygens (including phenoxy) is 2. The van der Waals surface area contributed by atoms with Gasteiger partial charge < -0.3 is 15.2 Å². The SMILES string of the molecule is CCCOC(=O)C(N)C(CC)Oc1ccc(Cc2cccs2)cc1. The molecule has 24 heavy (non-hydrogen) atoms. The van der Waals surface area contributed by atoms with Gasteiger partial charge in [-0.3, -0.25) is 4.79 Å². The second kappa shape index (κ2) is 9.45. The van der Waals surface area contributed by atoms with Gasteiger partial charge in [-0.05, 0) is 42.0 Å². The van der Waals surface area contributed by atoms with E-state index in [2.05, 4.69) is 17.5 Å². The van der Waals surface area contributed by atoms with Crippen LogP contribution in [0.15, 0.2) is 41.8 Å².